The van der Waals surface area contributed by atoms with Crippen molar-refractivity contribution in [3.63, 3.8) is 0 Å². The van der Waals surface area contributed by atoms with Gasteiger partial charge in [0.1, 0.15) is 5.84 Å². The Bertz CT molecular complexity index is 411. The van der Waals surface area contributed by atoms with Crippen molar-refractivity contribution in [1.82, 2.24) is 0 Å². The van der Waals surface area contributed by atoms with Crippen molar-refractivity contribution < 1.29 is 9.53 Å². The molecule has 15 heavy (non-hydrogen) atoms. The Balaban J connectivity index is 2.87. The number of nitrogens with one attached hydrogen (secondary N) is 1. The van der Waals surface area contributed by atoms with Crippen molar-refractivity contribution in [2.45, 2.75) is 0 Å². The SMILES string of the molecule is COC(=O)C=Cc1cccc(C(=N)N)c1. The summed E-state index contributed by atoms with van der Waals surface area (Å²) in [5, 5.41) is 7.25. The van der Waals surface area contributed by atoms with E-state index in [1.54, 1.807) is 24.3 Å². The highest BCUT2D eigenvalue weighted by molar-refractivity contribution is 5.95. The number of hydrogen-bond donors (Lipinski definition) is 2. The van der Waals surface area contributed by atoms with Crippen LogP contribution >= 0.6 is 0 Å². The first kappa shape index (κ1) is 11.0. The molecule has 0 fully saturated rings. The summed E-state index contributed by atoms with van der Waals surface area (Å²) in [6.45, 7) is 0. The summed E-state index contributed by atoms with van der Waals surface area (Å²) in [7, 11) is 1.32. The second kappa shape index (κ2) is 4.95. The van der Waals surface area contributed by atoms with Crippen LogP contribution < -0.4 is 5.73 Å². The zero-order chi connectivity index (χ0) is 11.3. The molecule has 0 unspecified atom stereocenters. The molecule has 0 bridgehead atoms. The maximum atomic E-state index is 10.8. The minimum Gasteiger partial charge on any atom is -0.466 e. The Hall–Kier alpha value is -2.10. The molecule has 78 valence electrons. The van der Waals surface area contributed by atoms with Crippen molar-refractivity contribution in [3.8, 4) is 0 Å². The van der Waals surface area contributed by atoms with Crippen LogP contribution in [0.15, 0.2) is 30.3 Å². The van der Waals surface area contributed by atoms with Gasteiger partial charge >= 0.3 is 5.97 Å². The molecule has 0 aliphatic rings. The highest BCUT2D eigenvalue weighted by Crippen LogP contribution is 2.06. The van der Waals surface area contributed by atoms with Gasteiger partial charge in [-0.1, -0.05) is 18.2 Å². The topological polar surface area (TPSA) is 76.2 Å². The lowest BCUT2D eigenvalue weighted by Crippen LogP contribution is -2.10. The van der Waals surface area contributed by atoms with Crippen LogP contribution in [0.2, 0.25) is 0 Å². The maximum absolute atomic E-state index is 10.8. The van der Waals surface area contributed by atoms with Crippen molar-refractivity contribution in [2.24, 2.45) is 5.73 Å². The molecule has 0 saturated heterocycles. The minimum absolute atomic E-state index is 0.00307. The summed E-state index contributed by atoms with van der Waals surface area (Å²) >= 11 is 0. The molecular weight excluding hydrogens is 192 g/mol. The van der Waals surface area contributed by atoms with Gasteiger partial charge in [-0.3, -0.25) is 5.41 Å². The smallest absolute Gasteiger partial charge is 0.330 e. The fourth-order valence-corrected chi connectivity index (χ4v) is 1.04. The average Bonchev–Trinajstić information content (AvgIpc) is 2.26. The van der Waals surface area contributed by atoms with E-state index in [2.05, 4.69) is 4.74 Å². The van der Waals surface area contributed by atoms with E-state index < -0.39 is 5.97 Å². The van der Waals surface area contributed by atoms with E-state index in [1.807, 2.05) is 6.07 Å². The Morgan fingerprint density at radius 1 is 1.53 bits per heavy atom. The normalized spacial score (nSPS) is 10.2. The van der Waals surface area contributed by atoms with Crippen LogP contribution in [0.3, 0.4) is 0 Å². The van der Waals surface area contributed by atoms with Gasteiger partial charge in [-0.2, -0.15) is 0 Å². The fourth-order valence-electron chi connectivity index (χ4n) is 1.04. The molecule has 1 rings (SSSR count). The second-order valence-corrected chi connectivity index (χ2v) is 2.90. The zero-order valence-electron chi connectivity index (χ0n) is 8.36. The van der Waals surface area contributed by atoms with Gasteiger partial charge in [-0.05, 0) is 17.7 Å². The van der Waals surface area contributed by atoms with E-state index in [-0.39, 0.29) is 5.84 Å². The first-order chi connectivity index (χ1) is 7.13. The molecule has 0 heterocycles. The molecule has 0 spiro atoms. The van der Waals surface area contributed by atoms with E-state index in [4.69, 9.17) is 11.1 Å². The van der Waals surface area contributed by atoms with Crippen LogP contribution in [-0.2, 0) is 9.53 Å². The Morgan fingerprint density at radius 2 is 2.27 bits per heavy atom. The lowest BCUT2D eigenvalue weighted by atomic mass is 10.1. The minimum atomic E-state index is -0.414. The number of nitrogen functional groups attached to an aromatic ring is 1. The molecule has 4 heteroatoms. The monoisotopic (exact) mass is 204 g/mol. The lowest BCUT2D eigenvalue weighted by molar-refractivity contribution is -0.134. The highest BCUT2D eigenvalue weighted by atomic mass is 16.5. The predicted molar refractivity (Wildman–Crippen MR) is 58.5 cm³/mol. The number of methoxy groups -OCH3 is 1. The van der Waals surface area contributed by atoms with E-state index in [9.17, 15) is 4.79 Å². The van der Waals surface area contributed by atoms with Crippen LogP contribution in [0.25, 0.3) is 6.08 Å². The summed E-state index contributed by atoms with van der Waals surface area (Å²) in [5.74, 6) is -0.411. The van der Waals surface area contributed by atoms with Gasteiger partial charge in [-0.15, -0.1) is 0 Å². The number of benzene rings is 1. The van der Waals surface area contributed by atoms with Crippen LogP contribution in [0.4, 0.5) is 0 Å². The third kappa shape index (κ3) is 3.27. The largest absolute Gasteiger partial charge is 0.466 e. The van der Waals surface area contributed by atoms with Gasteiger partial charge in [0.05, 0.1) is 7.11 Å². The number of rotatable bonds is 3. The zero-order valence-corrected chi connectivity index (χ0v) is 8.36. The van der Waals surface area contributed by atoms with Gasteiger partial charge in [0.2, 0.25) is 0 Å². The van der Waals surface area contributed by atoms with Crippen molar-refractivity contribution in [3.05, 3.63) is 41.5 Å². The number of carbonyl (C=O) groups is 1. The fraction of sp³-hybridized carbons (Fsp3) is 0.0909. The quantitative estimate of drug-likeness (QED) is 0.335. The van der Waals surface area contributed by atoms with E-state index in [0.29, 0.717) is 5.56 Å². The summed E-state index contributed by atoms with van der Waals surface area (Å²) in [6.07, 6.45) is 2.93. The summed E-state index contributed by atoms with van der Waals surface area (Å²) in [4.78, 5) is 10.8. The first-order valence-electron chi connectivity index (χ1n) is 4.34. The average molecular weight is 204 g/mol. The Labute approximate surface area is 87.9 Å². The number of carbonyl (C=O) groups excluding carboxylic acids is 1. The molecule has 0 atom stereocenters. The van der Waals surface area contributed by atoms with E-state index in [0.717, 1.165) is 5.56 Å². The molecule has 1 aromatic carbocycles. The molecule has 0 aromatic heterocycles. The maximum Gasteiger partial charge on any atom is 0.330 e. The molecule has 3 N–H and O–H groups in total. The summed E-state index contributed by atoms with van der Waals surface area (Å²) in [5.41, 5.74) is 6.76. The van der Waals surface area contributed by atoms with Gasteiger partial charge in [-0.25, -0.2) is 4.79 Å². The molecule has 4 nitrogen and oxygen atoms in total. The molecular formula is C11H12N2O2. The van der Waals surface area contributed by atoms with E-state index in [1.165, 1.54) is 13.2 Å². The number of ether oxygens (including phenoxy) is 1. The van der Waals surface area contributed by atoms with Crippen molar-refractivity contribution >= 4 is 17.9 Å². The lowest BCUT2D eigenvalue weighted by Gasteiger charge is -1.99. The number of nitrogens with two attached hydrogens (primary N) is 1. The number of amidine groups is 1. The van der Waals surface area contributed by atoms with Crippen LogP contribution in [0, 0.1) is 5.41 Å². The highest BCUT2D eigenvalue weighted by Gasteiger charge is 1.96. The van der Waals surface area contributed by atoms with Gasteiger partial charge in [0, 0.05) is 11.6 Å². The molecule has 0 amide bonds. The summed E-state index contributed by atoms with van der Waals surface area (Å²) < 4.78 is 4.46. The summed E-state index contributed by atoms with van der Waals surface area (Å²) in [6, 6.07) is 7.04. The molecule has 0 saturated carbocycles. The third-order valence-electron chi connectivity index (χ3n) is 1.81. The van der Waals surface area contributed by atoms with Crippen LogP contribution in [-0.4, -0.2) is 18.9 Å². The molecule has 0 aliphatic carbocycles. The van der Waals surface area contributed by atoms with Crippen LogP contribution in [0.1, 0.15) is 11.1 Å². The van der Waals surface area contributed by atoms with Crippen molar-refractivity contribution in [1.29, 1.82) is 5.41 Å². The molecule has 0 radical (unpaired) electrons. The van der Waals surface area contributed by atoms with Crippen molar-refractivity contribution in [2.75, 3.05) is 7.11 Å². The van der Waals surface area contributed by atoms with Gasteiger partial charge < -0.3 is 10.5 Å². The first-order valence-corrected chi connectivity index (χ1v) is 4.34. The van der Waals surface area contributed by atoms with E-state index >= 15 is 0 Å². The standard InChI is InChI=1S/C11H12N2O2/c1-15-10(14)6-5-8-3-2-4-9(7-8)11(12)13/h2-7H,1H3,(H3,12,13). The third-order valence-corrected chi connectivity index (χ3v) is 1.81. The predicted octanol–water partition coefficient (Wildman–Crippen LogP) is 1.16. The van der Waals surface area contributed by atoms with Gasteiger partial charge in [0.15, 0.2) is 0 Å². The Kier molecular flexibility index (Phi) is 3.62. The number of esters is 1. The van der Waals surface area contributed by atoms with Gasteiger partial charge in [0.25, 0.3) is 0 Å². The Morgan fingerprint density at radius 3 is 2.87 bits per heavy atom. The second-order valence-electron chi connectivity index (χ2n) is 2.90. The molecule has 1 aromatic rings. The number of hydrogen-bond acceptors (Lipinski definition) is 3. The molecule has 0 aliphatic heterocycles. The van der Waals surface area contributed by atoms with Crippen LogP contribution in [0.5, 0.6) is 0 Å².